The number of hydrogen-bond donors (Lipinski definition) is 0. The van der Waals surface area contributed by atoms with E-state index in [2.05, 4.69) is 27.6 Å². The van der Waals surface area contributed by atoms with Crippen molar-refractivity contribution in [2.75, 3.05) is 6.61 Å². The maximum absolute atomic E-state index is 13.9. The molecule has 0 amide bonds. The van der Waals surface area contributed by atoms with Gasteiger partial charge in [0.15, 0.2) is 5.82 Å². The molecule has 0 aliphatic rings. The topological polar surface area (TPSA) is 39.2 Å². The van der Waals surface area contributed by atoms with E-state index in [1.54, 1.807) is 13.0 Å². The molecule has 0 radical (unpaired) electrons. The average molecular weight is 597 g/mol. The quantitative estimate of drug-likeness (QED) is 0.224. The molecular weight excluding hydrogens is 590 g/mol. The van der Waals surface area contributed by atoms with Gasteiger partial charge in [0, 0.05) is 15.2 Å². The Bertz CT molecular complexity index is 676. The lowest BCUT2D eigenvalue weighted by molar-refractivity contribution is 0.0526. The number of esters is 1. The molecule has 0 aliphatic heterocycles. The van der Waals surface area contributed by atoms with Gasteiger partial charge in [-0.25, -0.2) is 9.18 Å². The van der Waals surface area contributed by atoms with Crippen LogP contribution in [-0.2, 0) is 4.74 Å². The maximum atomic E-state index is 13.9. The Labute approximate surface area is 150 Å². The van der Waals surface area contributed by atoms with Crippen LogP contribution in [0.3, 0.4) is 0 Å². The Morgan fingerprint density at radius 3 is 2.63 bits per heavy atom. The molecule has 0 saturated heterocycles. The monoisotopic (exact) mass is 597 g/mol. The Morgan fingerprint density at radius 1 is 1.32 bits per heavy atom. The molecule has 19 heavy (non-hydrogen) atoms. The summed E-state index contributed by atoms with van der Waals surface area (Å²) in [6, 6.07) is 1.70. The van der Waals surface area contributed by atoms with E-state index in [-0.39, 0.29) is 5.82 Å². The number of rotatable bonds is 2. The van der Waals surface area contributed by atoms with E-state index < -0.39 is 5.97 Å². The third-order valence-electron chi connectivity index (χ3n) is 2.42. The van der Waals surface area contributed by atoms with Gasteiger partial charge in [0.1, 0.15) is 0 Å². The van der Waals surface area contributed by atoms with Crippen molar-refractivity contribution in [3.05, 3.63) is 34.4 Å². The van der Waals surface area contributed by atoms with Crippen molar-refractivity contribution < 1.29 is 13.9 Å². The molecule has 0 aliphatic carbocycles. The normalized spacial score (nSPS) is 10.8. The first-order valence-electron chi connectivity index (χ1n) is 5.26. The zero-order valence-electron chi connectivity index (χ0n) is 9.64. The van der Waals surface area contributed by atoms with Gasteiger partial charge in [0.05, 0.1) is 24.8 Å². The highest BCUT2D eigenvalue weighted by Crippen LogP contribution is 2.32. The molecule has 1 heterocycles. The van der Waals surface area contributed by atoms with Crippen molar-refractivity contribution in [3.8, 4) is 0 Å². The average Bonchev–Trinajstić information content (AvgIpc) is 2.42. The summed E-state index contributed by atoms with van der Waals surface area (Å²) in [5.41, 5.74) is 0.946. The Morgan fingerprint density at radius 2 is 2.00 bits per heavy atom. The predicted molar refractivity (Wildman–Crippen MR) is 95.8 cm³/mol. The van der Waals surface area contributed by atoms with Gasteiger partial charge in [-0.3, -0.25) is 4.98 Å². The van der Waals surface area contributed by atoms with Gasteiger partial charge in [-0.15, -0.1) is 0 Å². The number of benzene rings is 1. The lowest BCUT2D eigenvalue weighted by Crippen LogP contribution is -2.06. The minimum Gasteiger partial charge on any atom is -0.462 e. The lowest BCUT2D eigenvalue weighted by atomic mass is 10.1. The van der Waals surface area contributed by atoms with Crippen LogP contribution >= 0.6 is 67.8 Å². The maximum Gasteiger partial charge on any atom is 0.339 e. The fourth-order valence-corrected chi connectivity index (χ4v) is 3.97. The highest BCUT2D eigenvalue weighted by molar-refractivity contribution is 14.1. The Balaban J connectivity index is 2.70. The minimum absolute atomic E-state index is 0.269. The molecule has 3 nitrogen and oxygen atoms in total. The highest BCUT2D eigenvalue weighted by atomic mass is 127. The predicted octanol–water partition coefficient (Wildman–Crippen LogP) is 4.36. The van der Waals surface area contributed by atoms with E-state index >= 15 is 0 Å². The van der Waals surface area contributed by atoms with Crippen molar-refractivity contribution in [1.82, 2.24) is 4.98 Å². The first-order chi connectivity index (χ1) is 8.97. The summed E-state index contributed by atoms with van der Waals surface area (Å²) in [7, 11) is 0. The number of ether oxygens (including phenoxy) is 1. The van der Waals surface area contributed by atoms with Crippen LogP contribution in [0.5, 0.6) is 0 Å². The fraction of sp³-hybridized carbons (Fsp3) is 0.167. The van der Waals surface area contributed by atoms with Crippen molar-refractivity contribution in [2.45, 2.75) is 6.92 Å². The standard InChI is InChI=1S/C12H7FI3NO2/c1-2-19-12(18)5-3-6-8(14)9(15)7(13)10(16)11(6)17-4-5/h3-4H,2H2,1H3. The summed E-state index contributed by atoms with van der Waals surface area (Å²) in [4.78, 5) is 15.9. The van der Waals surface area contributed by atoms with Gasteiger partial charge in [-0.05, 0) is 80.8 Å². The molecule has 0 N–H and O–H groups in total. The number of carbonyl (C=O) groups excluding carboxylic acids is 1. The van der Waals surface area contributed by atoms with Gasteiger partial charge in [-0.2, -0.15) is 0 Å². The van der Waals surface area contributed by atoms with E-state index in [4.69, 9.17) is 4.74 Å². The molecule has 0 unspecified atom stereocenters. The number of fused-ring (bicyclic) bond motifs is 1. The second-order valence-electron chi connectivity index (χ2n) is 3.60. The van der Waals surface area contributed by atoms with Crippen LogP contribution in [0.4, 0.5) is 4.39 Å². The molecule has 1 aromatic heterocycles. The summed E-state index contributed by atoms with van der Waals surface area (Å²) < 4.78 is 20.7. The van der Waals surface area contributed by atoms with Gasteiger partial charge < -0.3 is 4.74 Å². The molecule has 0 bridgehead atoms. The summed E-state index contributed by atoms with van der Waals surface area (Å²) in [5, 5.41) is 0.765. The molecule has 0 saturated carbocycles. The summed E-state index contributed by atoms with van der Waals surface area (Å²) in [6.07, 6.45) is 1.42. The summed E-state index contributed by atoms with van der Waals surface area (Å²) >= 11 is 5.95. The smallest absolute Gasteiger partial charge is 0.339 e. The number of pyridine rings is 1. The highest BCUT2D eigenvalue weighted by Gasteiger charge is 2.18. The van der Waals surface area contributed by atoms with E-state index in [0.29, 0.717) is 24.8 Å². The summed E-state index contributed by atoms with van der Waals surface area (Å²) in [6.45, 7) is 2.06. The zero-order valence-corrected chi connectivity index (χ0v) is 16.1. The van der Waals surface area contributed by atoms with E-state index in [1.807, 2.05) is 45.2 Å². The van der Waals surface area contributed by atoms with E-state index in [1.165, 1.54) is 6.20 Å². The van der Waals surface area contributed by atoms with Crippen molar-refractivity contribution in [3.63, 3.8) is 0 Å². The van der Waals surface area contributed by atoms with Crippen LogP contribution in [0.15, 0.2) is 12.3 Å². The molecule has 1 aromatic carbocycles. The van der Waals surface area contributed by atoms with Crippen LogP contribution in [-0.4, -0.2) is 17.6 Å². The third kappa shape index (κ3) is 2.96. The minimum atomic E-state index is -0.415. The lowest BCUT2D eigenvalue weighted by Gasteiger charge is -2.09. The van der Waals surface area contributed by atoms with Crippen LogP contribution in [0, 0.1) is 16.5 Å². The molecule has 7 heteroatoms. The third-order valence-corrected chi connectivity index (χ3v) is 6.57. The van der Waals surface area contributed by atoms with Crippen LogP contribution in [0.1, 0.15) is 17.3 Å². The van der Waals surface area contributed by atoms with Gasteiger partial charge in [-0.1, -0.05) is 0 Å². The Kier molecular flexibility index (Phi) is 5.20. The number of halogens is 4. The molecule has 0 spiro atoms. The SMILES string of the molecule is CCOC(=O)c1cnc2c(I)c(F)c(I)c(I)c2c1. The van der Waals surface area contributed by atoms with Crippen LogP contribution in [0.25, 0.3) is 10.9 Å². The summed E-state index contributed by atoms with van der Waals surface area (Å²) in [5.74, 6) is -0.684. The number of nitrogens with zero attached hydrogens (tertiary/aromatic N) is 1. The number of aromatic nitrogens is 1. The fourth-order valence-electron chi connectivity index (χ4n) is 1.55. The van der Waals surface area contributed by atoms with Gasteiger partial charge in [0.2, 0.25) is 0 Å². The Hall–Kier alpha value is 0.220. The molecule has 0 atom stereocenters. The second-order valence-corrected chi connectivity index (χ2v) is 6.83. The van der Waals surface area contributed by atoms with Crippen molar-refractivity contribution in [2.24, 2.45) is 0 Å². The van der Waals surface area contributed by atoms with Crippen LogP contribution in [0.2, 0.25) is 0 Å². The molecule has 2 aromatic rings. The van der Waals surface area contributed by atoms with E-state index in [0.717, 1.165) is 8.96 Å². The van der Waals surface area contributed by atoms with Gasteiger partial charge in [0.25, 0.3) is 0 Å². The number of hydrogen-bond acceptors (Lipinski definition) is 3. The van der Waals surface area contributed by atoms with Crippen molar-refractivity contribution in [1.29, 1.82) is 0 Å². The molecular formula is C12H7FI3NO2. The van der Waals surface area contributed by atoms with E-state index in [9.17, 15) is 9.18 Å². The molecule has 2 rings (SSSR count). The molecule has 0 fully saturated rings. The zero-order chi connectivity index (χ0) is 14.2. The van der Waals surface area contributed by atoms with Gasteiger partial charge >= 0.3 is 5.97 Å². The second kappa shape index (κ2) is 6.33. The number of carbonyl (C=O) groups is 1. The van der Waals surface area contributed by atoms with Crippen molar-refractivity contribution >= 4 is 84.6 Å². The first-order valence-corrected chi connectivity index (χ1v) is 8.49. The first kappa shape index (κ1) is 15.6. The molecule has 100 valence electrons. The van der Waals surface area contributed by atoms with Crippen LogP contribution < -0.4 is 0 Å². The largest absolute Gasteiger partial charge is 0.462 e.